The fourth-order valence-corrected chi connectivity index (χ4v) is 1.44. The summed E-state index contributed by atoms with van der Waals surface area (Å²) in [5.74, 6) is 0. The minimum Gasteiger partial charge on any atom is -0.331 e. The number of amides is 2. The number of nitrogens with two attached hydrogens (primary N) is 1. The predicted molar refractivity (Wildman–Crippen MR) is 71.1 cm³/mol. The average molecular weight is 235 g/mol. The molecule has 0 heterocycles. The van der Waals surface area contributed by atoms with E-state index in [2.05, 4.69) is 10.6 Å². The summed E-state index contributed by atoms with van der Waals surface area (Å²) in [5, 5.41) is 5.69. The number of aryl methyl sites for hydroxylation is 1. The highest BCUT2D eigenvalue weighted by Crippen LogP contribution is 2.11. The molecule has 94 valence electrons. The first-order valence-corrected chi connectivity index (χ1v) is 5.85. The summed E-state index contributed by atoms with van der Waals surface area (Å²) in [6.45, 7) is 6.34. The molecule has 0 aliphatic rings. The number of urea groups is 1. The summed E-state index contributed by atoms with van der Waals surface area (Å²) in [7, 11) is 0. The van der Waals surface area contributed by atoms with Gasteiger partial charge in [-0.15, -0.1) is 0 Å². The molecular formula is C13H21N3O. The van der Waals surface area contributed by atoms with Gasteiger partial charge < -0.3 is 16.4 Å². The van der Waals surface area contributed by atoms with E-state index in [1.54, 1.807) is 0 Å². The molecule has 0 radical (unpaired) electrons. The molecule has 0 aromatic heterocycles. The third-order valence-corrected chi connectivity index (χ3v) is 2.92. The lowest BCUT2D eigenvalue weighted by Crippen LogP contribution is -2.52. The third kappa shape index (κ3) is 4.07. The molecule has 2 amide bonds. The molecule has 1 rings (SSSR count). The Morgan fingerprint density at radius 1 is 1.47 bits per heavy atom. The van der Waals surface area contributed by atoms with Crippen LogP contribution in [0.15, 0.2) is 24.3 Å². The second-order valence-corrected chi connectivity index (χ2v) is 4.57. The lowest BCUT2D eigenvalue weighted by molar-refractivity contribution is 0.238. The molecule has 0 spiro atoms. The molecule has 0 saturated heterocycles. The van der Waals surface area contributed by atoms with Crippen LogP contribution >= 0.6 is 0 Å². The quantitative estimate of drug-likeness (QED) is 0.749. The maximum Gasteiger partial charge on any atom is 0.319 e. The summed E-state index contributed by atoms with van der Waals surface area (Å²) in [4.78, 5) is 11.8. The monoisotopic (exact) mass is 235 g/mol. The zero-order valence-corrected chi connectivity index (χ0v) is 10.7. The molecule has 0 fully saturated rings. The summed E-state index contributed by atoms with van der Waals surface area (Å²) >= 11 is 0. The zero-order valence-electron chi connectivity index (χ0n) is 10.7. The molecule has 0 bridgehead atoms. The second kappa shape index (κ2) is 5.68. The zero-order chi connectivity index (χ0) is 12.9. The number of carbonyl (C=O) groups excluding carboxylic acids is 1. The van der Waals surface area contributed by atoms with E-state index in [0.29, 0.717) is 6.54 Å². The van der Waals surface area contributed by atoms with Crippen LogP contribution in [0, 0.1) is 6.92 Å². The molecule has 1 atom stereocenters. The van der Waals surface area contributed by atoms with E-state index in [1.165, 1.54) is 0 Å². The Morgan fingerprint density at radius 3 is 2.71 bits per heavy atom. The number of anilines is 1. The number of carbonyl (C=O) groups is 1. The number of nitrogens with one attached hydrogen (secondary N) is 2. The van der Waals surface area contributed by atoms with Crippen LogP contribution in [-0.4, -0.2) is 18.1 Å². The highest BCUT2D eigenvalue weighted by molar-refractivity contribution is 5.89. The summed E-state index contributed by atoms with van der Waals surface area (Å²) in [6.07, 6.45) is 0.796. The van der Waals surface area contributed by atoms with Crippen LogP contribution in [0.2, 0.25) is 0 Å². The normalized spacial score (nSPS) is 13.9. The fourth-order valence-electron chi connectivity index (χ4n) is 1.44. The Balaban J connectivity index is 2.61. The predicted octanol–water partition coefficient (Wildman–Crippen LogP) is 2.24. The highest BCUT2D eigenvalue weighted by Gasteiger charge is 2.22. The van der Waals surface area contributed by atoms with Crippen LogP contribution in [0.3, 0.4) is 0 Å². The summed E-state index contributed by atoms with van der Waals surface area (Å²) < 4.78 is 0. The van der Waals surface area contributed by atoms with Gasteiger partial charge in [-0.3, -0.25) is 0 Å². The molecule has 0 aliphatic carbocycles. The number of hydrogen-bond donors (Lipinski definition) is 3. The van der Waals surface area contributed by atoms with Crippen molar-refractivity contribution in [1.29, 1.82) is 0 Å². The van der Waals surface area contributed by atoms with Gasteiger partial charge in [0.25, 0.3) is 0 Å². The van der Waals surface area contributed by atoms with E-state index in [0.717, 1.165) is 17.7 Å². The second-order valence-electron chi connectivity index (χ2n) is 4.57. The molecule has 0 aliphatic heterocycles. The smallest absolute Gasteiger partial charge is 0.319 e. The average Bonchev–Trinajstić information content (AvgIpc) is 2.28. The van der Waals surface area contributed by atoms with Gasteiger partial charge in [0.05, 0.1) is 5.54 Å². The van der Waals surface area contributed by atoms with E-state index in [4.69, 9.17) is 5.73 Å². The molecule has 1 unspecified atom stereocenters. The van der Waals surface area contributed by atoms with Gasteiger partial charge in [-0.2, -0.15) is 0 Å². The SMILES string of the molecule is CCC(C)(CN)NC(=O)Nc1cccc(C)c1. The first-order valence-electron chi connectivity index (χ1n) is 5.85. The van der Waals surface area contributed by atoms with Crippen LogP contribution in [0.1, 0.15) is 25.8 Å². The molecule has 17 heavy (non-hydrogen) atoms. The van der Waals surface area contributed by atoms with E-state index in [-0.39, 0.29) is 11.6 Å². The van der Waals surface area contributed by atoms with Crippen LogP contribution in [0.4, 0.5) is 10.5 Å². The van der Waals surface area contributed by atoms with Crippen molar-refractivity contribution in [3.8, 4) is 0 Å². The van der Waals surface area contributed by atoms with E-state index >= 15 is 0 Å². The molecule has 1 aromatic rings. The van der Waals surface area contributed by atoms with Crippen LogP contribution in [-0.2, 0) is 0 Å². The molecule has 1 aromatic carbocycles. The lowest BCUT2D eigenvalue weighted by Gasteiger charge is -2.27. The van der Waals surface area contributed by atoms with Crippen molar-refractivity contribution in [2.75, 3.05) is 11.9 Å². The number of rotatable bonds is 4. The van der Waals surface area contributed by atoms with Gasteiger partial charge in [0, 0.05) is 12.2 Å². The Bertz CT molecular complexity index is 386. The van der Waals surface area contributed by atoms with Crippen molar-refractivity contribution in [1.82, 2.24) is 5.32 Å². The van der Waals surface area contributed by atoms with Gasteiger partial charge in [0.1, 0.15) is 0 Å². The van der Waals surface area contributed by atoms with Gasteiger partial charge in [0.2, 0.25) is 0 Å². The van der Waals surface area contributed by atoms with Crippen molar-refractivity contribution in [3.05, 3.63) is 29.8 Å². The van der Waals surface area contributed by atoms with Crippen LogP contribution in [0.5, 0.6) is 0 Å². The molecule has 4 heteroatoms. The lowest BCUT2D eigenvalue weighted by atomic mass is 10.00. The van der Waals surface area contributed by atoms with Crippen molar-refractivity contribution < 1.29 is 4.79 Å². The largest absolute Gasteiger partial charge is 0.331 e. The van der Waals surface area contributed by atoms with Gasteiger partial charge >= 0.3 is 6.03 Å². The number of hydrogen-bond acceptors (Lipinski definition) is 2. The minimum atomic E-state index is -0.353. The van der Waals surface area contributed by atoms with E-state index in [9.17, 15) is 4.79 Å². The molecule has 4 nitrogen and oxygen atoms in total. The van der Waals surface area contributed by atoms with E-state index < -0.39 is 0 Å². The van der Waals surface area contributed by atoms with Crippen LogP contribution in [0.25, 0.3) is 0 Å². The fraction of sp³-hybridized carbons (Fsp3) is 0.462. The van der Waals surface area contributed by atoms with E-state index in [1.807, 2.05) is 45.0 Å². The molecule has 0 saturated carbocycles. The Kier molecular flexibility index (Phi) is 4.52. The third-order valence-electron chi connectivity index (χ3n) is 2.92. The highest BCUT2D eigenvalue weighted by atomic mass is 16.2. The van der Waals surface area contributed by atoms with Gasteiger partial charge in [0.15, 0.2) is 0 Å². The van der Waals surface area contributed by atoms with Crippen molar-refractivity contribution >= 4 is 11.7 Å². The first-order chi connectivity index (χ1) is 7.99. The Hall–Kier alpha value is -1.55. The van der Waals surface area contributed by atoms with Crippen molar-refractivity contribution in [3.63, 3.8) is 0 Å². The van der Waals surface area contributed by atoms with Crippen molar-refractivity contribution in [2.24, 2.45) is 5.73 Å². The molecule has 4 N–H and O–H groups in total. The van der Waals surface area contributed by atoms with Gasteiger partial charge in [-0.25, -0.2) is 4.79 Å². The van der Waals surface area contributed by atoms with Crippen molar-refractivity contribution in [2.45, 2.75) is 32.7 Å². The van der Waals surface area contributed by atoms with Crippen LogP contribution < -0.4 is 16.4 Å². The topological polar surface area (TPSA) is 67.1 Å². The first kappa shape index (κ1) is 13.5. The standard InChI is InChI=1S/C13H21N3O/c1-4-13(3,9-14)16-12(17)15-11-7-5-6-10(2)8-11/h5-8H,4,9,14H2,1-3H3,(H2,15,16,17). The van der Waals surface area contributed by atoms with Gasteiger partial charge in [-0.05, 0) is 38.0 Å². The number of benzene rings is 1. The summed E-state index contributed by atoms with van der Waals surface area (Å²) in [6, 6.07) is 7.46. The van der Waals surface area contributed by atoms with Gasteiger partial charge in [-0.1, -0.05) is 19.1 Å². The maximum atomic E-state index is 11.8. The minimum absolute atomic E-state index is 0.217. The molecular weight excluding hydrogens is 214 g/mol. The Morgan fingerprint density at radius 2 is 2.18 bits per heavy atom. The summed E-state index contributed by atoms with van der Waals surface area (Å²) in [5.41, 5.74) is 7.19. The maximum absolute atomic E-state index is 11.8. The Labute approximate surface area is 103 Å².